The monoisotopic (exact) mass is 248 g/mol. The van der Waals surface area contributed by atoms with E-state index in [1.165, 1.54) is 24.8 Å². The van der Waals surface area contributed by atoms with Gasteiger partial charge in [-0.2, -0.15) is 0 Å². The van der Waals surface area contributed by atoms with E-state index in [1.54, 1.807) is 0 Å². The number of nitrogens with two attached hydrogens (primary N) is 1. The summed E-state index contributed by atoms with van der Waals surface area (Å²) < 4.78 is 10.7. The molecule has 0 bridgehead atoms. The van der Waals surface area contributed by atoms with Gasteiger partial charge in [0.25, 0.3) is 0 Å². The van der Waals surface area contributed by atoms with E-state index in [1.807, 2.05) is 6.07 Å². The molecular formula is C14H20N2O2. The molecule has 1 unspecified atom stereocenters. The van der Waals surface area contributed by atoms with Crippen molar-refractivity contribution in [1.29, 1.82) is 0 Å². The molecule has 2 N–H and O–H groups in total. The van der Waals surface area contributed by atoms with Gasteiger partial charge in [-0.05, 0) is 37.1 Å². The number of rotatable bonds is 3. The molecule has 0 aromatic heterocycles. The molecule has 4 heteroatoms. The Morgan fingerprint density at radius 3 is 3.00 bits per heavy atom. The predicted molar refractivity (Wildman–Crippen MR) is 69.7 cm³/mol. The van der Waals surface area contributed by atoms with Crippen molar-refractivity contribution in [2.45, 2.75) is 31.8 Å². The lowest BCUT2D eigenvalue weighted by molar-refractivity contribution is 0.144. The highest BCUT2D eigenvalue weighted by Gasteiger charge is 2.22. The van der Waals surface area contributed by atoms with Gasteiger partial charge in [0.1, 0.15) is 0 Å². The van der Waals surface area contributed by atoms with Gasteiger partial charge in [0.15, 0.2) is 11.5 Å². The molecule has 1 aromatic rings. The highest BCUT2D eigenvalue weighted by atomic mass is 16.7. The SMILES string of the molecule is NCC1CCCCN1Cc1ccc2c(c1)OCO2. The second-order valence-electron chi connectivity index (χ2n) is 5.04. The number of hydrogen-bond donors (Lipinski definition) is 1. The number of fused-ring (bicyclic) bond motifs is 1. The molecule has 18 heavy (non-hydrogen) atoms. The van der Waals surface area contributed by atoms with Crippen LogP contribution in [0.5, 0.6) is 11.5 Å². The van der Waals surface area contributed by atoms with E-state index in [0.29, 0.717) is 12.8 Å². The largest absolute Gasteiger partial charge is 0.454 e. The van der Waals surface area contributed by atoms with Crippen LogP contribution >= 0.6 is 0 Å². The molecule has 1 fully saturated rings. The van der Waals surface area contributed by atoms with Crippen LogP contribution in [0.2, 0.25) is 0 Å². The fraction of sp³-hybridized carbons (Fsp3) is 0.571. The van der Waals surface area contributed by atoms with Crippen molar-refractivity contribution in [3.63, 3.8) is 0 Å². The molecule has 0 radical (unpaired) electrons. The summed E-state index contributed by atoms with van der Waals surface area (Å²) in [6, 6.07) is 6.74. The third-order valence-electron chi connectivity index (χ3n) is 3.84. The summed E-state index contributed by atoms with van der Waals surface area (Å²) in [6.07, 6.45) is 3.81. The minimum atomic E-state index is 0.341. The molecule has 4 nitrogen and oxygen atoms in total. The molecule has 2 aliphatic rings. The average molecular weight is 248 g/mol. The van der Waals surface area contributed by atoms with Crippen molar-refractivity contribution in [3.05, 3.63) is 23.8 Å². The Morgan fingerprint density at radius 2 is 2.11 bits per heavy atom. The van der Waals surface area contributed by atoms with Crippen LogP contribution in [0, 0.1) is 0 Å². The quantitative estimate of drug-likeness (QED) is 0.885. The lowest BCUT2D eigenvalue weighted by Gasteiger charge is -2.35. The van der Waals surface area contributed by atoms with Crippen LogP contribution in [0.25, 0.3) is 0 Å². The standard InChI is InChI=1S/C14H20N2O2/c15-8-12-3-1-2-6-16(12)9-11-4-5-13-14(7-11)18-10-17-13/h4-5,7,12H,1-3,6,8-10,15H2. The van der Waals surface area contributed by atoms with Crippen LogP contribution in [0.15, 0.2) is 18.2 Å². The van der Waals surface area contributed by atoms with Gasteiger partial charge in [0.2, 0.25) is 6.79 Å². The van der Waals surface area contributed by atoms with Crippen LogP contribution in [-0.4, -0.2) is 30.8 Å². The number of ether oxygens (including phenoxy) is 2. The minimum Gasteiger partial charge on any atom is -0.454 e. The Bertz CT molecular complexity index is 422. The zero-order chi connectivity index (χ0) is 12.4. The summed E-state index contributed by atoms with van der Waals surface area (Å²) in [5.74, 6) is 1.72. The Balaban J connectivity index is 1.71. The minimum absolute atomic E-state index is 0.341. The van der Waals surface area contributed by atoms with E-state index in [9.17, 15) is 0 Å². The fourth-order valence-electron chi connectivity index (χ4n) is 2.81. The summed E-state index contributed by atoms with van der Waals surface area (Å²) in [4.78, 5) is 2.49. The van der Waals surface area contributed by atoms with Gasteiger partial charge in [0.05, 0.1) is 0 Å². The smallest absolute Gasteiger partial charge is 0.231 e. The maximum Gasteiger partial charge on any atom is 0.231 e. The first-order chi connectivity index (χ1) is 8.86. The van der Waals surface area contributed by atoms with Gasteiger partial charge in [-0.1, -0.05) is 12.5 Å². The van der Waals surface area contributed by atoms with E-state index in [4.69, 9.17) is 15.2 Å². The number of benzene rings is 1. The zero-order valence-electron chi connectivity index (χ0n) is 10.6. The van der Waals surface area contributed by atoms with Gasteiger partial charge in [-0.15, -0.1) is 0 Å². The maximum absolute atomic E-state index is 5.85. The molecule has 0 amide bonds. The van der Waals surface area contributed by atoms with Crippen LogP contribution in [0.3, 0.4) is 0 Å². The first kappa shape index (κ1) is 11.8. The summed E-state index contributed by atoms with van der Waals surface area (Å²) in [7, 11) is 0. The van der Waals surface area contributed by atoms with E-state index in [2.05, 4.69) is 17.0 Å². The second-order valence-corrected chi connectivity index (χ2v) is 5.04. The summed E-state index contributed by atoms with van der Waals surface area (Å²) in [5, 5.41) is 0. The van der Waals surface area contributed by atoms with Crippen LogP contribution in [-0.2, 0) is 6.54 Å². The first-order valence-electron chi connectivity index (χ1n) is 6.69. The molecule has 3 rings (SSSR count). The molecule has 0 spiro atoms. The number of nitrogens with zero attached hydrogens (tertiary/aromatic N) is 1. The lowest BCUT2D eigenvalue weighted by atomic mass is 10.0. The van der Waals surface area contributed by atoms with Crippen molar-refractivity contribution < 1.29 is 9.47 Å². The lowest BCUT2D eigenvalue weighted by Crippen LogP contribution is -2.43. The Morgan fingerprint density at radius 1 is 1.22 bits per heavy atom. The summed E-state index contributed by atoms with van der Waals surface area (Å²) in [5.41, 5.74) is 7.13. The highest BCUT2D eigenvalue weighted by molar-refractivity contribution is 5.44. The molecular weight excluding hydrogens is 228 g/mol. The maximum atomic E-state index is 5.85. The van der Waals surface area contributed by atoms with Gasteiger partial charge < -0.3 is 15.2 Å². The average Bonchev–Trinajstić information content (AvgIpc) is 2.87. The first-order valence-corrected chi connectivity index (χ1v) is 6.69. The Kier molecular flexibility index (Phi) is 3.39. The fourth-order valence-corrected chi connectivity index (χ4v) is 2.81. The van der Waals surface area contributed by atoms with Crippen LogP contribution in [0.4, 0.5) is 0 Å². The van der Waals surface area contributed by atoms with Gasteiger partial charge in [0, 0.05) is 19.1 Å². The third kappa shape index (κ3) is 2.31. The number of piperidine rings is 1. The molecule has 1 saturated heterocycles. The van der Waals surface area contributed by atoms with E-state index in [-0.39, 0.29) is 0 Å². The molecule has 1 atom stereocenters. The molecule has 2 aliphatic heterocycles. The Labute approximate surface area is 108 Å². The van der Waals surface area contributed by atoms with Crippen molar-refractivity contribution >= 4 is 0 Å². The van der Waals surface area contributed by atoms with E-state index < -0.39 is 0 Å². The van der Waals surface area contributed by atoms with Crippen molar-refractivity contribution in [2.24, 2.45) is 5.73 Å². The molecule has 0 saturated carbocycles. The Hall–Kier alpha value is -1.26. The summed E-state index contributed by atoms with van der Waals surface area (Å²) in [6.45, 7) is 3.20. The molecule has 0 aliphatic carbocycles. The van der Waals surface area contributed by atoms with E-state index in [0.717, 1.165) is 31.1 Å². The van der Waals surface area contributed by atoms with Crippen molar-refractivity contribution in [2.75, 3.05) is 19.9 Å². The van der Waals surface area contributed by atoms with Crippen LogP contribution in [0.1, 0.15) is 24.8 Å². The highest BCUT2D eigenvalue weighted by Crippen LogP contribution is 2.33. The molecule has 1 aromatic carbocycles. The van der Waals surface area contributed by atoms with Gasteiger partial charge >= 0.3 is 0 Å². The number of hydrogen-bond acceptors (Lipinski definition) is 4. The normalized spacial score (nSPS) is 23.3. The van der Waals surface area contributed by atoms with Crippen LogP contribution < -0.4 is 15.2 Å². The molecule has 2 heterocycles. The third-order valence-corrected chi connectivity index (χ3v) is 3.84. The van der Waals surface area contributed by atoms with Crippen molar-refractivity contribution in [1.82, 2.24) is 4.90 Å². The predicted octanol–water partition coefficient (Wildman–Crippen LogP) is 1.73. The number of likely N-dealkylation sites (tertiary alicyclic amines) is 1. The topological polar surface area (TPSA) is 47.7 Å². The van der Waals surface area contributed by atoms with Crippen molar-refractivity contribution in [3.8, 4) is 11.5 Å². The second kappa shape index (κ2) is 5.16. The van der Waals surface area contributed by atoms with Gasteiger partial charge in [-0.3, -0.25) is 4.90 Å². The van der Waals surface area contributed by atoms with E-state index >= 15 is 0 Å². The zero-order valence-corrected chi connectivity index (χ0v) is 10.6. The van der Waals surface area contributed by atoms with Gasteiger partial charge in [-0.25, -0.2) is 0 Å². The molecule has 98 valence electrons. The summed E-state index contributed by atoms with van der Waals surface area (Å²) >= 11 is 0.